The number of nitrogens with one attached hydrogen (secondary N) is 1. The maximum Gasteiger partial charge on any atom is 0.252 e. The lowest BCUT2D eigenvalue weighted by atomic mass is 10.1. The molecule has 5 heteroatoms. The van der Waals surface area contributed by atoms with Crippen LogP contribution in [-0.2, 0) is 0 Å². The molecule has 0 aliphatic carbocycles. The van der Waals surface area contributed by atoms with Gasteiger partial charge in [0.2, 0.25) is 0 Å². The molecule has 2 fully saturated rings. The van der Waals surface area contributed by atoms with Gasteiger partial charge in [-0.25, -0.2) is 4.98 Å². The number of carbonyl (C=O) groups excluding carboxylic acids is 1. The molecule has 3 N–H and O–H groups in total. The molecule has 2 saturated heterocycles. The predicted octanol–water partition coefficient (Wildman–Crippen LogP) is 0.820. The van der Waals surface area contributed by atoms with Gasteiger partial charge in [0.15, 0.2) is 0 Å². The van der Waals surface area contributed by atoms with Crippen molar-refractivity contribution < 1.29 is 4.79 Å². The van der Waals surface area contributed by atoms with E-state index >= 15 is 0 Å². The summed E-state index contributed by atoms with van der Waals surface area (Å²) in [4.78, 5) is 18.3. The van der Waals surface area contributed by atoms with E-state index in [1.807, 2.05) is 13.0 Å². The van der Waals surface area contributed by atoms with Crippen LogP contribution < -0.4 is 16.0 Å². The van der Waals surface area contributed by atoms with Crippen molar-refractivity contribution in [3.8, 4) is 0 Å². The third-order valence-electron chi connectivity index (χ3n) is 4.10. The third kappa shape index (κ3) is 2.42. The topological polar surface area (TPSA) is 71.2 Å². The van der Waals surface area contributed by atoms with Crippen LogP contribution >= 0.6 is 0 Å². The quantitative estimate of drug-likeness (QED) is 0.826. The second kappa shape index (κ2) is 4.81. The molecular weight excluding hydrogens is 240 g/mol. The van der Waals surface area contributed by atoms with Crippen LogP contribution in [0.5, 0.6) is 0 Å². The molecule has 3 heterocycles. The van der Waals surface area contributed by atoms with Crippen molar-refractivity contribution in [1.82, 2.24) is 10.3 Å². The molecule has 19 heavy (non-hydrogen) atoms. The number of pyridine rings is 1. The summed E-state index contributed by atoms with van der Waals surface area (Å²) in [6, 6.07) is 4.76. The molecule has 3 rings (SSSR count). The molecule has 1 aromatic heterocycles. The molecule has 2 aliphatic rings. The van der Waals surface area contributed by atoms with Crippen molar-refractivity contribution in [3.05, 3.63) is 23.4 Å². The monoisotopic (exact) mass is 260 g/mol. The minimum Gasteiger partial charge on any atom is -0.365 e. The van der Waals surface area contributed by atoms with Gasteiger partial charge in [-0.2, -0.15) is 0 Å². The second-order valence-corrected chi connectivity index (χ2v) is 5.56. The highest BCUT2D eigenvalue weighted by molar-refractivity contribution is 5.97. The normalized spacial score (nSPS) is 26.3. The number of hydrogen-bond donors (Lipinski definition) is 2. The summed E-state index contributed by atoms with van der Waals surface area (Å²) < 4.78 is 0. The molecule has 1 amide bonds. The zero-order valence-corrected chi connectivity index (χ0v) is 11.2. The largest absolute Gasteiger partial charge is 0.365 e. The Morgan fingerprint density at radius 3 is 2.95 bits per heavy atom. The highest BCUT2D eigenvalue weighted by Gasteiger charge is 2.30. The Balaban J connectivity index is 1.92. The molecule has 0 aromatic carbocycles. The van der Waals surface area contributed by atoms with Crippen molar-refractivity contribution in [1.29, 1.82) is 0 Å². The summed E-state index contributed by atoms with van der Waals surface area (Å²) in [5.41, 5.74) is 6.91. The average molecular weight is 260 g/mol. The van der Waals surface area contributed by atoms with Crippen molar-refractivity contribution in [2.24, 2.45) is 5.73 Å². The van der Waals surface area contributed by atoms with Gasteiger partial charge in [-0.15, -0.1) is 0 Å². The summed E-state index contributed by atoms with van der Waals surface area (Å²) in [6.45, 7) is 3.79. The van der Waals surface area contributed by atoms with Crippen LogP contribution in [0.4, 0.5) is 5.82 Å². The standard InChI is InChI=1S/C14H20N4O/c1-9-2-5-12(13(15)19)14(16-9)18-7-6-10-3-4-11(8-18)17-10/h2,5,10-11,17H,3-4,6-8H2,1H3,(H2,15,19). The number of primary amides is 1. The van der Waals surface area contributed by atoms with Gasteiger partial charge >= 0.3 is 0 Å². The van der Waals surface area contributed by atoms with E-state index in [1.165, 1.54) is 12.8 Å². The lowest BCUT2D eigenvalue weighted by molar-refractivity contribution is 0.100. The minimum atomic E-state index is -0.398. The first kappa shape index (κ1) is 12.4. The smallest absolute Gasteiger partial charge is 0.252 e. The molecule has 2 atom stereocenters. The third-order valence-corrected chi connectivity index (χ3v) is 4.10. The molecule has 0 spiro atoms. The van der Waals surface area contributed by atoms with Crippen molar-refractivity contribution in [2.45, 2.75) is 38.3 Å². The Morgan fingerprint density at radius 2 is 2.16 bits per heavy atom. The first-order chi connectivity index (χ1) is 9.13. The Morgan fingerprint density at radius 1 is 1.37 bits per heavy atom. The second-order valence-electron chi connectivity index (χ2n) is 5.56. The fraction of sp³-hybridized carbons (Fsp3) is 0.571. The number of aromatic nitrogens is 1. The van der Waals surface area contributed by atoms with E-state index < -0.39 is 5.91 Å². The average Bonchev–Trinajstić information content (AvgIpc) is 2.68. The summed E-state index contributed by atoms with van der Waals surface area (Å²) >= 11 is 0. The van der Waals surface area contributed by atoms with Gasteiger partial charge in [-0.05, 0) is 38.3 Å². The number of anilines is 1. The highest BCUT2D eigenvalue weighted by atomic mass is 16.1. The molecule has 102 valence electrons. The number of aryl methyl sites for hydroxylation is 1. The first-order valence-corrected chi connectivity index (χ1v) is 6.92. The van der Waals surface area contributed by atoms with Gasteiger partial charge < -0.3 is 16.0 Å². The molecule has 0 radical (unpaired) electrons. The van der Waals surface area contributed by atoms with Crippen molar-refractivity contribution >= 4 is 11.7 Å². The first-order valence-electron chi connectivity index (χ1n) is 6.92. The Kier molecular flexibility index (Phi) is 3.14. The number of amides is 1. The van der Waals surface area contributed by atoms with Crippen molar-refractivity contribution in [3.63, 3.8) is 0 Å². The van der Waals surface area contributed by atoms with Crippen LogP contribution in [-0.4, -0.2) is 36.1 Å². The van der Waals surface area contributed by atoms with Gasteiger partial charge in [0.1, 0.15) is 5.82 Å². The maximum absolute atomic E-state index is 11.6. The zero-order valence-electron chi connectivity index (χ0n) is 11.2. The molecular formula is C14H20N4O. The summed E-state index contributed by atoms with van der Waals surface area (Å²) in [5.74, 6) is 0.353. The van der Waals surface area contributed by atoms with Crippen LogP contribution in [0.25, 0.3) is 0 Å². The van der Waals surface area contributed by atoms with E-state index in [1.54, 1.807) is 6.07 Å². The van der Waals surface area contributed by atoms with E-state index in [2.05, 4.69) is 15.2 Å². The minimum absolute atomic E-state index is 0.398. The van der Waals surface area contributed by atoms with Crippen LogP contribution in [0.3, 0.4) is 0 Å². The maximum atomic E-state index is 11.6. The highest BCUT2D eigenvalue weighted by Crippen LogP contribution is 2.25. The van der Waals surface area contributed by atoms with E-state index in [-0.39, 0.29) is 0 Å². The van der Waals surface area contributed by atoms with Crippen LogP contribution in [0.1, 0.15) is 35.3 Å². The van der Waals surface area contributed by atoms with Crippen LogP contribution in [0, 0.1) is 6.92 Å². The Labute approximate surface area is 113 Å². The summed E-state index contributed by atoms with van der Waals surface area (Å²) in [6.07, 6.45) is 3.58. The number of nitrogens with zero attached hydrogens (tertiary/aromatic N) is 2. The number of fused-ring (bicyclic) bond motifs is 2. The Bertz CT molecular complexity index is 502. The summed E-state index contributed by atoms with van der Waals surface area (Å²) in [5, 5.41) is 3.63. The molecule has 2 bridgehead atoms. The van der Waals surface area contributed by atoms with E-state index in [0.29, 0.717) is 17.6 Å². The fourth-order valence-corrected chi connectivity index (χ4v) is 3.11. The molecule has 1 aromatic rings. The van der Waals surface area contributed by atoms with Crippen molar-refractivity contribution in [2.75, 3.05) is 18.0 Å². The predicted molar refractivity (Wildman–Crippen MR) is 74.3 cm³/mol. The number of carbonyl (C=O) groups is 1. The van der Waals surface area contributed by atoms with Gasteiger partial charge in [-0.3, -0.25) is 4.79 Å². The number of nitrogens with two attached hydrogens (primary N) is 1. The van der Waals surface area contributed by atoms with Gasteiger partial charge in [0, 0.05) is 30.9 Å². The lowest BCUT2D eigenvalue weighted by Crippen LogP contribution is -2.37. The number of rotatable bonds is 2. The molecule has 5 nitrogen and oxygen atoms in total. The SMILES string of the molecule is Cc1ccc(C(N)=O)c(N2CCC3CCC(C2)N3)n1. The lowest BCUT2D eigenvalue weighted by Gasteiger charge is -2.27. The molecule has 0 saturated carbocycles. The molecule has 2 aliphatic heterocycles. The van der Waals surface area contributed by atoms with E-state index in [9.17, 15) is 4.79 Å². The van der Waals surface area contributed by atoms with Crippen LogP contribution in [0.15, 0.2) is 12.1 Å². The summed E-state index contributed by atoms with van der Waals surface area (Å²) in [7, 11) is 0. The molecule has 2 unspecified atom stereocenters. The van der Waals surface area contributed by atoms with Gasteiger partial charge in [0.05, 0.1) is 5.56 Å². The zero-order chi connectivity index (χ0) is 13.4. The van der Waals surface area contributed by atoms with Gasteiger partial charge in [-0.1, -0.05) is 0 Å². The van der Waals surface area contributed by atoms with Crippen LogP contribution in [0.2, 0.25) is 0 Å². The fourth-order valence-electron chi connectivity index (χ4n) is 3.11. The van der Waals surface area contributed by atoms with Gasteiger partial charge in [0.25, 0.3) is 5.91 Å². The van der Waals surface area contributed by atoms with E-state index in [0.717, 1.165) is 31.0 Å². The van der Waals surface area contributed by atoms with E-state index in [4.69, 9.17) is 5.73 Å². The Hall–Kier alpha value is -1.62. The number of hydrogen-bond acceptors (Lipinski definition) is 4.